The third-order valence-corrected chi connectivity index (χ3v) is 12.6. The van der Waals surface area contributed by atoms with E-state index in [2.05, 4.69) is 127 Å². The minimum atomic E-state index is 0. The molecule has 0 bridgehead atoms. The minimum absolute atomic E-state index is 0. The van der Waals surface area contributed by atoms with Crippen LogP contribution in [0, 0.1) is 48.5 Å². The normalized spacial score (nSPS) is 15.6. The van der Waals surface area contributed by atoms with E-state index < -0.39 is 0 Å². The molecular weight excluding hydrogens is 953 g/mol. The summed E-state index contributed by atoms with van der Waals surface area (Å²) in [6.07, 6.45) is 9.54. The van der Waals surface area contributed by atoms with Crippen molar-refractivity contribution in [3.63, 3.8) is 0 Å². The first kappa shape index (κ1) is 56.5. The molecule has 0 unspecified atom stereocenters. The van der Waals surface area contributed by atoms with E-state index in [9.17, 15) is 0 Å². The molecule has 23 nitrogen and oxygen atoms in total. The predicted molar refractivity (Wildman–Crippen MR) is 297 cm³/mol. The molecular formula is C52H80N20O3. The monoisotopic (exact) mass is 1030 g/mol. The van der Waals surface area contributed by atoms with Crippen molar-refractivity contribution < 1.29 is 14.2 Å². The predicted octanol–water partition coefficient (Wildman–Crippen LogP) is 6.91. The number of H-pyrrole nitrogens is 3. The summed E-state index contributed by atoms with van der Waals surface area (Å²) in [5.41, 5.74) is 7.88. The highest BCUT2D eigenvalue weighted by atomic mass is 16.5. The molecule has 14 rings (SSSR count). The molecule has 9 N–H and O–H groups in total. The summed E-state index contributed by atoms with van der Waals surface area (Å²) in [4.78, 5) is 38.8. The molecule has 0 aromatic carbocycles. The Hall–Kier alpha value is -7.79. The van der Waals surface area contributed by atoms with Crippen LogP contribution in [0.4, 0.5) is 23.3 Å². The Bertz CT molecular complexity index is 2760. The molecule has 0 fully saturated rings. The molecule has 0 spiro atoms. The highest BCUT2D eigenvalue weighted by molar-refractivity contribution is 5.62. The molecule has 7 aliphatic heterocycles. The van der Waals surface area contributed by atoms with Crippen molar-refractivity contribution in [2.75, 3.05) is 73.8 Å². The first-order chi connectivity index (χ1) is 35.3. The van der Waals surface area contributed by atoms with E-state index in [0.717, 1.165) is 184 Å². The van der Waals surface area contributed by atoms with Gasteiger partial charge < -0.3 is 79.3 Å². The van der Waals surface area contributed by atoms with Gasteiger partial charge in [-0.25, -0.2) is 29.9 Å². The average Bonchev–Trinajstić information content (AvgIpc) is 4.29. The van der Waals surface area contributed by atoms with Gasteiger partial charge in [0.05, 0.1) is 73.4 Å². The van der Waals surface area contributed by atoms with E-state index in [0.29, 0.717) is 19.1 Å². The largest absolute Gasteiger partial charge is 0.490 e. The van der Waals surface area contributed by atoms with Crippen LogP contribution in [-0.4, -0.2) is 121 Å². The molecule has 75 heavy (non-hydrogen) atoms. The molecule has 0 atom stereocenters. The Morgan fingerprint density at radius 1 is 0.520 bits per heavy atom. The van der Waals surface area contributed by atoms with Gasteiger partial charge in [0.2, 0.25) is 0 Å². The molecule has 7 aromatic rings. The van der Waals surface area contributed by atoms with E-state index >= 15 is 0 Å². The van der Waals surface area contributed by atoms with Crippen LogP contribution in [0.2, 0.25) is 0 Å². The fourth-order valence-electron chi connectivity index (χ4n) is 8.81. The molecule has 0 radical (unpaired) electrons. The van der Waals surface area contributed by atoms with Crippen LogP contribution in [0.25, 0.3) is 11.5 Å². The number of nitrogens with zero attached hydrogens (tertiary/aromatic N) is 11. The minimum Gasteiger partial charge on any atom is -0.490 e. The van der Waals surface area contributed by atoms with Crippen molar-refractivity contribution in [2.24, 2.45) is 0 Å². The number of ether oxygens (including phenoxy) is 3. The van der Waals surface area contributed by atoms with Gasteiger partial charge in [0.1, 0.15) is 71.3 Å². The van der Waals surface area contributed by atoms with E-state index in [1.165, 1.54) is 17.1 Å². The lowest BCUT2D eigenvalue weighted by molar-refractivity contribution is 0.0843. The molecule has 7 aromatic heterocycles. The van der Waals surface area contributed by atoms with Crippen LogP contribution >= 0.6 is 0 Å². The summed E-state index contributed by atoms with van der Waals surface area (Å²) in [7, 11) is 0. The number of nitrogens with one attached hydrogen (secondary N) is 9. The van der Waals surface area contributed by atoms with E-state index in [1.807, 2.05) is 60.1 Å². The van der Waals surface area contributed by atoms with Crippen LogP contribution < -0.4 is 36.6 Å². The number of anilines is 4. The lowest BCUT2D eigenvalue weighted by Crippen LogP contribution is -2.28. The van der Waals surface area contributed by atoms with Crippen LogP contribution in [0.3, 0.4) is 0 Å². The van der Waals surface area contributed by atoms with Crippen LogP contribution in [-0.2, 0) is 55.2 Å². The Morgan fingerprint density at radius 3 is 1.83 bits per heavy atom. The number of hydrogen-bond donors (Lipinski definition) is 9. The maximum atomic E-state index is 5.26. The van der Waals surface area contributed by atoms with Crippen molar-refractivity contribution >= 4 is 34.7 Å². The number of allylic oxidation sites excluding steroid dienone is 1. The molecule has 0 aliphatic carbocycles. The zero-order valence-corrected chi connectivity index (χ0v) is 43.4. The van der Waals surface area contributed by atoms with Gasteiger partial charge in [0.15, 0.2) is 17.5 Å². The maximum Gasteiger partial charge on any atom is 0.257 e. The highest BCUT2D eigenvalue weighted by Gasteiger charge is 2.18. The van der Waals surface area contributed by atoms with Crippen LogP contribution in [0.15, 0.2) is 50.2 Å². The van der Waals surface area contributed by atoms with Gasteiger partial charge in [0.25, 0.3) is 5.88 Å². The Kier molecular flexibility index (Phi) is 19.9. The van der Waals surface area contributed by atoms with E-state index in [-0.39, 0.29) is 14.9 Å². The third kappa shape index (κ3) is 14.5. The quantitative estimate of drug-likeness (QED) is 0.0748. The third-order valence-electron chi connectivity index (χ3n) is 12.6. The standard InChI is InChI=1S/2C8H11N3.C8H10N2O.C7H11N3.C7H10N2O.C6H10N4.C6H9N3O.2CH4/c1-6-8-5-10-7(2)11(8)4-3-9-6;1-5-3-4-7-8(9-5)11-6(2)10-7;1-6-8-5-9-7(2)10(8)3-4-11-6;1-6-9-5-7-4-8-2-3-10(6)7;1-6-8-4-7-5-10-3-2-9(6)7;1-4-9-5-6(10-4)8-3-2-7-5;1-4-8-5-6(9-4)10-3-2-7-5;;/h5,9H,1,3-4H2,2H3;9H,1,3-4H2,2H3,(H,10,11);5H,1,3-4H2,2H3;5,8H,2-4H2,1H3;4H,2-3,5H2,1H3;7-8H,2-3H2,1H3,(H,9,10);7H,2-3H2,1H3,(H,8,9);2*1H4. The number of aromatic nitrogens is 14. The van der Waals surface area contributed by atoms with Crippen molar-refractivity contribution in [3.8, 4) is 5.88 Å². The number of fused-ring (bicyclic) bond motifs is 7. The lowest BCUT2D eigenvalue weighted by Gasteiger charge is -2.19. The maximum absolute atomic E-state index is 5.26. The van der Waals surface area contributed by atoms with Gasteiger partial charge in [-0.05, 0) is 61.3 Å². The number of hydrogen-bond acceptors (Lipinski definition) is 16. The van der Waals surface area contributed by atoms with Gasteiger partial charge in [-0.15, -0.1) is 0 Å². The Labute approximate surface area is 441 Å². The van der Waals surface area contributed by atoms with Gasteiger partial charge in [-0.3, -0.25) is 0 Å². The zero-order chi connectivity index (χ0) is 51.4. The Balaban J connectivity index is 0.000000142. The van der Waals surface area contributed by atoms with Crippen LogP contribution in [0.1, 0.15) is 90.5 Å². The molecule has 7 aliphatic rings. The summed E-state index contributed by atoms with van der Waals surface area (Å²) in [5, 5.41) is 19.2. The first-order valence-electron chi connectivity index (χ1n) is 24.9. The summed E-state index contributed by atoms with van der Waals surface area (Å²) in [5.74, 6) is 12.4. The van der Waals surface area contributed by atoms with E-state index in [1.54, 1.807) is 6.20 Å². The van der Waals surface area contributed by atoms with Gasteiger partial charge in [0, 0.05) is 64.3 Å². The zero-order valence-electron chi connectivity index (χ0n) is 43.4. The summed E-state index contributed by atoms with van der Waals surface area (Å²) in [6.45, 7) is 38.1. The molecule has 0 amide bonds. The van der Waals surface area contributed by atoms with Gasteiger partial charge in [-0.2, -0.15) is 4.98 Å². The first-order valence-corrected chi connectivity index (χ1v) is 24.9. The number of aromatic amines is 3. The SMILES string of the molecule is C.C.C=C1CCc2[nH]c(C)nc2N1.C=C1NCCn2c1cnc2C.C=C1OCCn2c1cnc2C.Cc1nc2c([nH]1)NCCN2.Cc1nc2c([nH]1)NCCO2.Cc1ncc2n1CCNC2.Cc1ncc2n1CCOC2. The molecule has 14 heterocycles. The Morgan fingerprint density at radius 2 is 1.12 bits per heavy atom. The fourth-order valence-corrected chi connectivity index (χ4v) is 8.81. The topological polar surface area (TPSA) is 257 Å². The molecule has 406 valence electrons. The average molecular weight is 1030 g/mol. The molecule has 0 saturated carbocycles. The second-order valence-electron chi connectivity index (χ2n) is 18.0. The van der Waals surface area contributed by atoms with Crippen molar-refractivity contribution in [3.05, 3.63) is 119 Å². The van der Waals surface area contributed by atoms with E-state index in [4.69, 9.17) is 14.2 Å². The second-order valence-corrected chi connectivity index (χ2v) is 18.0. The van der Waals surface area contributed by atoms with Crippen LogP contribution in [0.5, 0.6) is 5.88 Å². The highest BCUT2D eigenvalue weighted by Crippen LogP contribution is 2.25. The van der Waals surface area contributed by atoms with Gasteiger partial charge in [-0.1, -0.05) is 34.6 Å². The lowest BCUT2D eigenvalue weighted by atomic mass is 10.1. The van der Waals surface area contributed by atoms with Crippen molar-refractivity contribution in [1.29, 1.82) is 0 Å². The van der Waals surface area contributed by atoms with Gasteiger partial charge >= 0.3 is 0 Å². The van der Waals surface area contributed by atoms with Crippen molar-refractivity contribution in [2.45, 2.75) is 115 Å². The summed E-state index contributed by atoms with van der Waals surface area (Å²) >= 11 is 0. The number of aryl methyl sites for hydroxylation is 8. The molecule has 23 heteroatoms. The fraction of sp³-hybridized carbons (Fsp3) is 0.481. The second kappa shape index (κ2) is 26.4. The van der Waals surface area contributed by atoms with Crippen molar-refractivity contribution in [1.82, 2.24) is 78.7 Å². The number of imidazole rings is 7. The smallest absolute Gasteiger partial charge is 0.257 e. The number of rotatable bonds is 0. The summed E-state index contributed by atoms with van der Waals surface area (Å²) in [6, 6.07) is 0. The molecule has 0 saturated heterocycles. The summed E-state index contributed by atoms with van der Waals surface area (Å²) < 4.78 is 24.5.